The highest BCUT2D eigenvalue weighted by molar-refractivity contribution is 5.93. The lowest BCUT2D eigenvalue weighted by Gasteiger charge is -2.40. The average Bonchev–Trinajstić information content (AvgIpc) is 2.84. The molecular weight excluding hydrogens is 298 g/mol. The normalized spacial score (nSPS) is 28.2. The van der Waals surface area contributed by atoms with Gasteiger partial charge in [0.15, 0.2) is 0 Å². The summed E-state index contributed by atoms with van der Waals surface area (Å²) in [6.07, 6.45) is 8.85. The van der Waals surface area contributed by atoms with Crippen molar-refractivity contribution in [3.8, 4) is 0 Å². The summed E-state index contributed by atoms with van der Waals surface area (Å²) < 4.78 is 2.11. The van der Waals surface area contributed by atoms with Crippen molar-refractivity contribution in [1.82, 2.24) is 14.4 Å². The lowest BCUT2D eigenvalue weighted by atomic mass is 9.83. The van der Waals surface area contributed by atoms with E-state index in [4.69, 9.17) is 0 Å². The van der Waals surface area contributed by atoms with Gasteiger partial charge in [-0.25, -0.2) is 0 Å². The Bertz CT molecular complexity index is 589. The molecule has 0 aromatic carbocycles. The second kappa shape index (κ2) is 6.55. The van der Waals surface area contributed by atoms with Crippen LogP contribution in [0.15, 0.2) is 18.3 Å². The van der Waals surface area contributed by atoms with Crippen LogP contribution < -0.4 is 0 Å². The molecule has 5 rings (SSSR count). The Morgan fingerprint density at radius 3 is 2.71 bits per heavy atom. The fourth-order valence-electron chi connectivity index (χ4n) is 4.76. The SMILES string of the molecule is CC(C)n1cccc1C(=O)N1C[C@@H]2CC[C@H](C1)N(CC1CCC1)C2. The van der Waals surface area contributed by atoms with Gasteiger partial charge in [-0.05, 0) is 63.5 Å². The molecular formula is C20H31N3O. The smallest absolute Gasteiger partial charge is 0.270 e. The minimum atomic E-state index is 0.232. The molecule has 3 saturated heterocycles. The van der Waals surface area contributed by atoms with Crippen molar-refractivity contribution in [1.29, 1.82) is 0 Å². The molecule has 0 spiro atoms. The molecule has 1 aromatic rings. The molecule has 4 heterocycles. The number of carbonyl (C=O) groups is 1. The summed E-state index contributed by atoms with van der Waals surface area (Å²) in [5, 5.41) is 0. The van der Waals surface area contributed by atoms with Gasteiger partial charge in [0.1, 0.15) is 5.69 Å². The molecule has 4 fully saturated rings. The standard InChI is InChI=1S/C20H31N3O/c1-15(2)23-10-4-7-19(23)20(24)22-13-17-8-9-18(14-22)21(12-17)11-16-5-3-6-16/h4,7,10,15-18H,3,5-6,8-9,11-14H2,1-2H3/t17-,18-/m1/s1. The summed E-state index contributed by atoms with van der Waals surface area (Å²) in [5.74, 6) is 1.82. The van der Waals surface area contributed by atoms with Gasteiger partial charge in [-0.3, -0.25) is 9.69 Å². The van der Waals surface area contributed by atoms with Gasteiger partial charge in [0.25, 0.3) is 5.91 Å². The molecule has 0 N–H and O–H groups in total. The lowest BCUT2D eigenvalue weighted by molar-refractivity contribution is 0.0706. The van der Waals surface area contributed by atoms with Crippen molar-refractivity contribution in [2.75, 3.05) is 26.2 Å². The second-order valence-corrected chi connectivity index (χ2v) is 8.45. The van der Waals surface area contributed by atoms with Gasteiger partial charge in [-0.2, -0.15) is 0 Å². The maximum atomic E-state index is 13.1. The second-order valence-electron chi connectivity index (χ2n) is 8.45. The molecule has 1 saturated carbocycles. The van der Waals surface area contributed by atoms with Gasteiger partial charge in [0.05, 0.1) is 0 Å². The van der Waals surface area contributed by atoms with E-state index in [1.807, 2.05) is 18.3 Å². The van der Waals surface area contributed by atoms with Gasteiger partial charge in [-0.15, -0.1) is 0 Å². The van der Waals surface area contributed by atoms with Crippen molar-refractivity contribution in [2.45, 2.75) is 58.0 Å². The first-order chi connectivity index (χ1) is 11.6. The Labute approximate surface area is 145 Å². The summed E-state index contributed by atoms with van der Waals surface area (Å²) in [7, 11) is 0. The van der Waals surface area contributed by atoms with Crippen molar-refractivity contribution in [3.63, 3.8) is 0 Å². The molecule has 1 amide bonds. The van der Waals surface area contributed by atoms with Crippen LogP contribution in [0, 0.1) is 11.8 Å². The number of hydrogen-bond donors (Lipinski definition) is 0. The van der Waals surface area contributed by atoms with E-state index >= 15 is 0 Å². The number of rotatable bonds is 4. The summed E-state index contributed by atoms with van der Waals surface area (Å²) >= 11 is 0. The highest BCUT2D eigenvalue weighted by Gasteiger charge is 2.38. The van der Waals surface area contributed by atoms with Gasteiger partial charge < -0.3 is 9.47 Å². The van der Waals surface area contributed by atoms with Crippen LogP contribution >= 0.6 is 0 Å². The largest absolute Gasteiger partial charge is 0.341 e. The van der Waals surface area contributed by atoms with Crippen molar-refractivity contribution in [2.24, 2.45) is 11.8 Å². The van der Waals surface area contributed by atoms with Gasteiger partial charge in [0, 0.05) is 44.5 Å². The Hall–Kier alpha value is -1.29. The summed E-state index contributed by atoms with van der Waals surface area (Å²) in [5.41, 5.74) is 0.858. The maximum absolute atomic E-state index is 13.1. The molecule has 132 valence electrons. The molecule has 0 radical (unpaired) electrons. The molecule has 1 aliphatic carbocycles. The minimum absolute atomic E-state index is 0.232. The maximum Gasteiger partial charge on any atom is 0.270 e. The van der Waals surface area contributed by atoms with E-state index < -0.39 is 0 Å². The first-order valence-corrected chi connectivity index (χ1v) is 9.82. The van der Waals surface area contributed by atoms with Gasteiger partial charge in [0.2, 0.25) is 0 Å². The average molecular weight is 329 g/mol. The number of hydrogen-bond acceptors (Lipinski definition) is 2. The first kappa shape index (κ1) is 16.2. The van der Waals surface area contributed by atoms with Crippen LogP contribution in [0.25, 0.3) is 0 Å². The van der Waals surface area contributed by atoms with E-state index in [1.54, 1.807) is 0 Å². The van der Waals surface area contributed by atoms with Crippen LogP contribution in [0.5, 0.6) is 0 Å². The highest BCUT2D eigenvalue weighted by atomic mass is 16.2. The number of carbonyl (C=O) groups excluding carboxylic acids is 1. The molecule has 2 atom stereocenters. The predicted octanol–water partition coefficient (Wildman–Crippen LogP) is 3.41. The molecule has 4 heteroatoms. The van der Waals surface area contributed by atoms with Crippen LogP contribution in [0.3, 0.4) is 0 Å². The number of aromatic nitrogens is 1. The van der Waals surface area contributed by atoms with Crippen LogP contribution in [0.2, 0.25) is 0 Å². The van der Waals surface area contributed by atoms with Gasteiger partial charge >= 0.3 is 0 Å². The molecule has 0 unspecified atom stereocenters. The Balaban J connectivity index is 1.48. The zero-order valence-electron chi connectivity index (χ0n) is 15.2. The monoisotopic (exact) mass is 329 g/mol. The molecule has 2 bridgehead atoms. The quantitative estimate of drug-likeness (QED) is 0.847. The zero-order valence-corrected chi connectivity index (χ0v) is 15.2. The van der Waals surface area contributed by atoms with E-state index in [9.17, 15) is 4.79 Å². The minimum Gasteiger partial charge on any atom is -0.341 e. The lowest BCUT2D eigenvalue weighted by Crippen LogP contribution is -2.47. The van der Waals surface area contributed by atoms with Crippen molar-refractivity contribution < 1.29 is 4.79 Å². The highest BCUT2D eigenvalue weighted by Crippen LogP contribution is 2.33. The summed E-state index contributed by atoms with van der Waals surface area (Å²) in [6.45, 7) is 8.62. The predicted molar refractivity (Wildman–Crippen MR) is 96.1 cm³/mol. The third-order valence-electron chi connectivity index (χ3n) is 6.39. The van der Waals surface area contributed by atoms with E-state index in [1.165, 1.54) is 45.2 Å². The Morgan fingerprint density at radius 2 is 2.00 bits per heavy atom. The molecule has 4 nitrogen and oxygen atoms in total. The van der Waals surface area contributed by atoms with Crippen LogP contribution in [0.4, 0.5) is 0 Å². The van der Waals surface area contributed by atoms with E-state index in [2.05, 4.69) is 28.2 Å². The zero-order chi connectivity index (χ0) is 16.7. The van der Waals surface area contributed by atoms with E-state index in [-0.39, 0.29) is 5.91 Å². The van der Waals surface area contributed by atoms with Crippen LogP contribution in [0.1, 0.15) is 62.5 Å². The first-order valence-electron chi connectivity index (χ1n) is 9.82. The number of piperidine rings is 1. The Morgan fingerprint density at radius 1 is 1.17 bits per heavy atom. The summed E-state index contributed by atoms with van der Waals surface area (Å²) in [6, 6.07) is 4.90. The third-order valence-corrected chi connectivity index (χ3v) is 6.39. The summed E-state index contributed by atoms with van der Waals surface area (Å²) in [4.78, 5) is 18.0. The third kappa shape index (κ3) is 3.01. The van der Waals surface area contributed by atoms with Crippen LogP contribution in [-0.2, 0) is 0 Å². The van der Waals surface area contributed by atoms with E-state index in [0.29, 0.717) is 18.0 Å². The van der Waals surface area contributed by atoms with Gasteiger partial charge in [-0.1, -0.05) is 6.42 Å². The molecule has 3 aliphatic heterocycles. The fourth-order valence-corrected chi connectivity index (χ4v) is 4.76. The molecule has 24 heavy (non-hydrogen) atoms. The Kier molecular flexibility index (Phi) is 4.42. The molecule has 4 aliphatic rings. The molecule has 1 aromatic heterocycles. The van der Waals surface area contributed by atoms with Crippen LogP contribution in [-0.4, -0.2) is 52.5 Å². The fraction of sp³-hybridized carbons (Fsp3) is 0.750. The number of fused-ring (bicyclic) bond motifs is 4. The van der Waals surface area contributed by atoms with Crippen molar-refractivity contribution >= 4 is 5.91 Å². The number of amides is 1. The van der Waals surface area contributed by atoms with Crippen molar-refractivity contribution in [3.05, 3.63) is 24.0 Å². The van der Waals surface area contributed by atoms with E-state index in [0.717, 1.165) is 24.7 Å². The number of nitrogens with zero attached hydrogens (tertiary/aromatic N) is 3. The topological polar surface area (TPSA) is 28.5 Å².